The van der Waals surface area contributed by atoms with Crippen molar-refractivity contribution in [2.24, 2.45) is 0 Å². The molecule has 0 aliphatic rings. The molecule has 14 heteroatoms. The van der Waals surface area contributed by atoms with E-state index < -0.39 is 11.8 Å². The van der Waals surface area contributed by atoms with Gasteiger partial charge in [-0.25, -0.2) is 0 Å². The zero-order valence-corrected chi connectivity index (χ0v) is 25.1. The van der Waals surface area contributed by atoms with Crippen LogP contribution in [0.25, 0.3) is 0 Å². The lowest BCUT2D eigenvalue weighted by molar-refractivity contribution is -0.129. The lowest BCUT2D eigenvalue weighted by atomic mass is 10.1. The summed E-state index contributed by atoms with van der Waals surface area (Å²) >= 11 is 12.0. The van der Waals surface area contributed by atoms with Crippen molar-refractivity contribution in [1.82, 2.24) is 21.7 Å². The fourth-order valence-corrected chi connectivity index (χ4v) is 4.00. The Hall–Kier alpha value is -4.16. The van der Waals surface area contributed by atoms with E-state index in [4.69, 9.17) is 23.2 Å². The van der Waals surface area contributed by atoms with E-state index in [-0.39, 0.29) is 62.2 Å². The van der Waals surface area contributed by atoms with E-state index >= 15 is 0 Å². The molecule has 2 rings (SSSR count). The van der Waals surface area contributed by atoms with Crippen molar-refractivity contribution in [2.75, 3.05) is 10.6 Å². The number of unbranched alkanes of at least 4 members (excludes halogenated alkanes) is 4. The molecule has 0 unspecified atom stereocenters. The van der Waals surface area contributed by atoms with E-state index in [1.807, 2.05) is 0 Å². The van der Waals surface area contributed by atoms with Gasteiger partial charge < -0.3 is 10.6 Å². The van der Waals surface area contributed by atoms with Crippen molar-refractivity contribution in [3.63, 3.8) is 0 Å². The molecule has 0 aliphatic heterocycles. The molecule has 0 bridgehead atoms. The maximum atomic E-state index is 12.0. The second kappa shape index (κ2) is 19.9. The maximum Gasteiger partial charge on any atom is 0.238 e. The number of halogens is 2. The van der Waals surface area contributed by atoms with Gasteiger partial charge in [-0.3, -0.25) is 50.5 Å². The smallest absolute Gasteiger partial charge is 0.238 e. The van der Waals surface area contributed by atoms with Gasteiger partial charge in [0.15, 0.2) is 0 Å². The average Bonchev–Trinajstić information content (AvgIpc) is 2.98. The van der Waals surface area contributed by atoms with Gasteiger partial charge in [-0.05, 0) is 37.1 Å². The van der Waals surface area contributed by atoms with E-state index in [0.717, 1.165) is 19.3 Å². The summed E-state index contributed by atoms with van der Waals surface area (Å²) in [6.45, 7) is 0. The van der Waals surface area contributed by atoms with Crippen molar-refractivity contribution in [3.8, 4) is 0 Å². The summed E-state index contributed by atoms with van der Waals surface area (Å²) < 4.78 is 0. The van der Waals surface area contributed by atoms with Crippen molar-refractivity contribution < 1.29 is 28.8 Å². The van der Waals surface area contributed by atoms with Gasteiger partial charge in [0, 0.05) is 38.5 Å². The number of anilines is 2. The lowest BCUT2D eigenvalue weighted by Gasteiger charge is -2.09. The molecule has 0 radical (unpaired) electrons. The van der Waals surface area contributed by atoms with E-state index in [1.165, 1.54) is 0 Å². The summed E-state index contributed by atoms with van der Waals surface area (Å²) in [6.07, 6.45) is 3.64. The number of carbonyl (C=O) groups excluding carboxylic acids is 6. The van der Waals surface area contributed by atoms with Crippen LogP contribution in [0.3, 0.4) is 0 Å². The van der Waals surface area contributed by atoms with Crippen LogP contribution in [0.4, 0.5) is 11.4 Å². The SMILES string of the molecule is O=C(CCCCCCCC(=O)NNC(=O)CCC(=O)Nc1ccccc1Cl)NNC(=O)CCC(=O)Nc1ccccc1Cl. The summed E-state index contributed by atoms with van der Waals surface area (Å²) in [5, 5.41) is 6.03. The minimum Gasteiger partial charge on any atom is -0.325 e. The Kier molecular flexibility index (Phi) is 16.2. The zero-order valence-electron chi connectivity index (χ0n) is 23.6. The topological polar surface area (TPSA) is 175 Å². The molecule has 0 saturated heterocycles. The molecule has 0 spiro atoms. The highest BCUT2D eigenvalue weighted by molar-refractivity contribution is 6.34. The quantitative estimate of drug-likeness (QED) is 0.119. The second-order valence-electron chi connectivity index (χ2n) is 9.52. The van der Waals surface area contributed by atoms with E-state index in [0.29, 0.717) is 34.3 Å². The van der Waals surface area contributed by atoms with Crippen LogP contribution in [0.1, 0.15) is 70.6 Å². The number of carbonyl (C=O) groups is 6. The molecule has 0 saturated carbocycles. The Bertz CT molecular complexity index is 1180. The molecule has 0 atom stereocenters. The Labute approximate surface area is 260 Å². The molecule has 6 N–H and O–H groups in total. The summed E-state index contributed by atoms with van der Waals surface area (Å²) in [6, 6.07) is 13.5. The minimum atomic E-state index is -0.490. The first-order chi connectivity index (χ1) is 20.6. The van der Waals surface area contributed by atoms with Gasteiger partial charge in [0.1, 0.15) is 0 Å². The van der Waals surface area contributed by atoms with Crippen LogP contribution in [0.15, 0.2) is 48.5 Å². The predicted octanol–water partition coefficient (Wildman–Crippen LogP) is 4.16. The number of hydrazine groups is 2. The highest BCUT2D eigenvalue weighted by Gasteiger charge is 2.11. The van der Waals surface area contributed by atoms with Gasteiger partial charge >= 0.3 is 0 Å². The maximum absolute atomic E-state index is 12.0. The first-order valence-electron chi connectivity index (χ1n) is 13.9. The molecule has 2 aromatic carbocycles. The number of amides is 6. The van der Waals surface area contributed by atoms with Gasteiger partial charge in [0.25, 0.3) is 0 Å². The molecule has 232 valence electrons. The van der Waals surface area contributed by atoms with Crippen LogP contribution in [0.2, 0.25) is 10.0 Å². The van der Waals surface area contributed by atoms with E-state index in [1.54, 1.807) is 48.5 Å². The summed E-state index contributed by atoms with van der Waals surface area (Å²) in [5.74, 6) is -2.41. The highest BCUT2D eigenvalue weighted by Crippen LogP contribution is 2.21. The largest absolute Gasteiger partial charge is 0.325 e. The monoisotopic (exact) mass is 634 g/mol. The molecule has 0 aromatic heterocycles. The van der Waals surface area contributed by atoms with Gasteiger partial charge in [-0.1, -0.05) is 66.7 Å². The van der Waals surface area contributed by atoms with Crippen molar-refractivity contribution >= 4 is 70.0 Å². The number of benzene rings is 2. The van der Waals surface area contributed by atoms with E-state index in [2.05, 4.69) is 32.3 Å². The van der Waals surface area contributed by atoms with Crippen molar-refractivity contribution in [2.45, 2.75) is 70.6 Å². The fraction of sp³-hybridized carbons (Fsp3) is 0.379. The highest BCUT2D eigenvalue weighted by atomic mass is 35.5. The third-order valence-corrected chi connectivity index (χ3v) is 6.60. The van der Waals surface area contributed by atoms with Gasteiger partial charge in [0.05, 0.1) is 21.4 Å². The molecular formula is C29H36Cl2N6O6. The minimum absolute atomic E-state index is 0.0682. The number of hydrogen-bond donors (Lipinski definition) is 6. The molecule has 12 nitrogen and oxygen atoms in total. The Morgan fingerprint density at radius 2 is 0.721 bits per heavy atom. The van der Waals surface area contributed by atoms with Gasteiger partial charge in [-0.2, -0.15) is 0 Å². The Morgan fingerprint density at radius 1 is 0.419 bits per heavy atom. The lowest BCUT2D eigenvalue weighted by Crippen LogP contribution is -2.41. The van der Waals surface area contributed by atoms with E-state index in [9.17, 15) is 28.8 Å². The first kappa shape index (κ1) is 35.0. The van der Waals surface area contributed by atoms with Gasteiger partial charge in [0.2, 0.25) is 35.4 Å². The van der Waals surface area contributed by atoms with Crippen LogP contribution >= 0.6 is 23.2 Å². The summed E-state index contributed by atoms with van der Waals surface area (Å²) in [7, 11) is 0. The number of hydrogen-bond acceptors (Lipinski definition) is 6. The summed E-state index contributed by atoms with van der Waals surface area (Å²) in [5.41, 5.74) is 10.1. The molecule has 6 amide bonds. The standard InChI is InChI=1S/C29H36Cl2N6O6/c30-20-10-6-8-12-22(20)32-24(38)16-18-28(42)36-34-26(40)14-4-2-1-3-5-15-27(41)35-37-29(43)19-17-25(39)33-23-13-9-7-11-21(23)31/h6-13H,1-5,14-19H2,(H,32,38)(H,33,39)(H,34,40)(H,35,41)(H,36,42)(H,37,43). The van der Waals surface area contributed by atoms with Crippen molar-refractivity contribution in [3.05, 3.63) is 58.6 Å². The predicted molar refractivity (Wildman–Crippen MR) is 164 cm³/mol. The van der Waals surface area contributed by atoms with Crippen LogP contribution in [0.5, 0.6) is 0 Å². The van der Waals surface area contributed by atoms with Crippen LogP contribution in [-0.4, -0.2) is 35.4 Å². The van der Waals surface area contributed by atoms with Crippen LogP contribution in [0, 0.1) is 0 Å². The molecule has 0 fully saturated rings. The third-order valence-electron chi connectivity index (χ3n) is 5.94. The second-order valence-corrected chi connectivity index (χ2v) is 10.3. The molecule has 43 heavy (non-hydrogen) atoms. The molecule has 0 aliphatic carbocycles. The molecule has 2 aromatic rings. The first-order valence-corrected chi connectivity index (χ1v) is 14.6. The Balaban J connectivity index is 1.42. The number of rotatable bonds is 16. The van der Waals surface area contributed by atoms with Crippen LogP contribution in [-0.2, 0) is 28.8 Å². The van der Waals surface area contributed by atoms with Crippen LogP contribution < -0.4 is 32.3 Å². The van der Waals surface area contributed by atoms with Gasteiger partial charge in [-0.15, -0.1) is 0 Å². The normalized spacial score (nSPS) is 10.3. The third kappa shape index (κ3) is 15.6. The molecule has 0 heterocycles. The number of para-hydroxylation sites is 2. The number of nitrogens with one attached hydrogen (secondary N) is 6. The zero-order chi connectivity index (χ0) is 31.5. The summed E-state index contributed by atoms with van der Waals surface area (Å²) in [4.78, 5) is 71.5. The van der Waals surface area contributed by atoms with Crippen molar-refractivity contribution in [1.29, 1.82) is 0 Å². The Morgan fingerprint density at radius 3 is 1.09 bits per heavy atom. The molecular weight excluding hydrogens is 599 g/mol. The average molecular weight is 636 g/mol. The fourth-order valence-electron chi connectivity index (χ4n) is 3.63.